The van der Waals surface area contributed by atoms with Crippen LogP contribution in [0.3, 0.4) is 0 Å². The molecule has 0 spiro atoms. The van der Waals surface area contributed by atoms with E-state index in [-0.39, 0.29) is 11.3 Å². The van der Waals surface area contributed by atoms with Crippen LogP contribution in [-0.2, 0) is 14.3 Å². The van der Waals surface area contributed by atoms with Gasteiger partial charge in [0, 0.05) is 23.9 Å². The smallest absolute Gasteiger partial charge is 0.331 e. The zero-order valence-electron chi connectivity index (χ0n) is 13.9. The summed E-state index contributed by atoms with van der Waals surface area (Å²) in [5, 5.41) is 13.5. The van der Waals surface area contributed by atoms with E-state index in [1.807, 2.05) is 0 Å². The van der Waals surface area contributed by atoms with Crippen LogP contribution in [0.25, 0.3) is 6.08 Å². The first-order valence-electron chi connectivity index (χ1n) is 7.52. The molecule has 0 fully saturated rings. The third kappa shape index (κ3) is 5.45. The number of methoxy groups -OCH3 is 1. The molecule has 2 aromatic carbocycles. The van der Waals surface area contributed by atoms with Gasteiger partial charge in [0.2, 0.25) is 0 Å². The largest absolute Gasteiger partial charge is 0.497 e. The third-order valence-electron chi connectivity index (χ3n) is 3.23. The van der Waals surface area contributed by atoms with Crippen LogP contribution in [0.15, 0.2) is 54.6 Å². The fourth-order valence-electron chi connectivity index (χ4n) is 2.04. The van der Waals surface area contributed by atoms with Gasteiger partial charge in [0.1, 0.15) is 5.75 Å². The van der Waals surface area contributed by atoms with Gasteiger partial charge in [-0.05, 0) is 24.3 Å². The summed E-state index contributed by atoms with van der Waals surface area (Å²) < 4.78 is 9.86. The number of anilines is 1. The van der Waals surface area contributed by atoms with E-state index >= 15 is 0 Å². The summed E-state index contributed by atoms with van der Waals surface area (Å²) >= 11 is 0. The highest BCUT2D eigenvalue weighted by atomic mass is 16.6. The topological polar surface area (TPSA) is 108 Å². The summed E-state index contributed by atoms with van der Waals surface area (Å²) in [6.45, 7) is -0.489. The summed E-state index contributed by atoms with van der Waals surface area (Å²) in [6.07, 6.45) is 2.29. The number of nitro benzene ring substituents is 1. The Morgan fingerprint density at radius 3 is 2.69 bits per heavy atom. The Labute approximate surface area is 149 Å². The van der Waals surface area contributed by atoms with Crippen LogP contribution >= 0.6 is 0 Å². The molecule has 0 heterocycles. The monoisotopic (exact) mass is 356 g/mol. The Hall–Kier alpha value is -3.68. The molecule has 2 aromatic rings. The number of amides is 1. The van der Waals surface area contributed by atoms with Gasteiger partial charge in [-0.2, -0.15) is 0 Å². The van der Waals surface area contributed by atoms with Gasteiger partial charge >= 0.3 is 5.97 Å². The number of esters is 1. The molecule has 2 rings (SSSR count). The van der Waals surface area contributed by atoms with Gasteiger partial charge in [-0.25, -0.2) is 4.79 Å². The van der Waals surface area contributed by atoms with Crippen molar-refractivity contribution in [3.05, 3.63) is 70.3 Å². The summed E-state index contributed by atoms with van der Waals surface area (Å²) in [4.78, 5) is 33.8. The maximum atomic E-state index is 11.8. The maximum absolute atomic E-state index is 11.8. The quantitative estimate of drug-likeness (QED) is 0.354. The van der Waals surface area contributed by atoms with Crippen LogP contribution in [0.1, 0.15) is 5.56 Å². The van der Waals surface area contributed by atoms with E-state index in [1.54, 1.807) is 30.3 Å². The minimum atomic E-state index is -0.788. The average Bonchev–Trinajstić information content (AvgIpc) is 2.65. The lowest BCUT2D eigenvalue weighted by molar-refractivity contribution is -0.385. The first kappa shape index (κ1) is 18.7. The molecule has 0 unspecified atom stereocenters. The fourth-order valence-corrected chi connectivity index (χ4v) is 2.04. The van der Waals surface area contributed by atoms with Crippen molar-refractivity contribution >= 4 is 29.3 Å². The molecule has 0 saturated carbocycles. The van der Waals surface area contributed by atoms with Crippen LogP contribution in [0.4, 0.5) is 11.4 Å². The molecule has 1 amide bonds. The lowest BCUT2D eigenvalue weighted by Gasteiger charge is -2.07. The number of nitro groups is 1. The zero-order chi connectivity index (χ0) is 18.9. The van der Waals surface area contributed by atoms with Crippen LogP contribution < -0.4 is 10.1 Å². The molecule has 0 aliphatic heterocycles. The van der Waals surface area contributed by atoms with Crippen LogP contribution in [0.2, 0.25) is 0 Å². The van der Waals surface area contributed by atoms with Crippen LogP contribution in [0, 0.1) is 10.1 Å². The van der Waals surface area contributed by atoms with Gasteiger partial charge in [-0.15, -0.1) is 0 Å². The van der Waals surface area contributed by atoms with E-state index < -0.39 is 23.4 Å². The minimum Gasteiger partial charge on any atom is -0.497 e. The normalized spacial score (nSPS) is 10.3. The second kappa shape index (κ2) is 8.97. The summed E-state index contributed by atoms with van der Waals surface area (Å²) in [6, 6.07) is 12.7. The average molecular weight is 356 g/mol. The van der Waals surface area contributed by atoms with Crippen molar-refractivity contribution in [3.8, 4) is 5.75 Å². The first-order valence-corrected chi connectivity index (χ1v) is 7.52. The summed E-state index contributed by atoms with van der Waals surface area (Å²) in [7, 11) is 1.51. The molecule has 0 aromatic heterocycles. The van der Waals surface area contributed by atoms with E-state index in [0.29, 0.717) is 11.4 Å². The number of carbonyl (C=O) groups is 2. The van der Waals surface area contributed by atoms with Gasteiger partial charge in [-0.3, -0.25) is 14.9 Å². The second-order valence-electron chi connectivity index (χ2n) is 5.04. The Balaban J connectivity index is 1.88. The van der Waals surface area contributed by atoms with Crippen molar-refractivity contribution in [3.63, 3.8) is 0 Å². The number of para-hydroxylation sites is 1. The van der Waals surface area contributed by atoms with Gasteiger partial charge in [0.05, 0.1) is 17.6 Å². The molecule has 8 heteroatoms. The number of rotatable bonds is 7. The molecule has 0 aliphatic rings. The highest BCUT2D eigenvalue weighted by Crippen LogP contribution is 2.19. The van der Waals surface area contributed by atoms with Crippen molar-refractivity contribution in [1.82, 2.24) is 0 Å². The molecule has 1 N–H and O–H groups in total. The molecule has 0 bridgehead atoms. The molecular weight excluding hydrogens is 340 g/mol. The third-order valence-corrected chi connectivity index (χ3v) is 3.23. The number of nitrogens with zero attached hydrogens (tertiary/aromatic N) is 1. The molecule has 0 aliphatic carbocycles. The van der Waals surface area contributed by atoms with Gasteiger partial charge in [0.15, 0.2) is 6.61 Å². The Morgan fingerprint density at radius 1 is 1.19 bits per heavy atom. The van der Waals surface area contributed by atoms with Gasteiger partial charge < -0.3 is 14.8 Å². The van der Waals surface area contributed by atoms with Gasteiger partial charge in [0.25, 0.3) is 11.6 Å². The highest BCUT2D eigenvalue weighted by Gasteiger charge is 2.11. The number of hydrogen-bond donors (Lipinski definition) is 1. The predicted octanol–water partition coefficient (Wildman–Crippen LogP) is 2.80. The molecule has 26 heavy (non-hydrogen) atoms. The molecule has 0 saturated heterocycles. The Bertz CT molecular complexity index is 847. The van der Waals surface area contributed by atoms with E-state index in [4.69, 9.17) is 9.47 Å². The lowest BCUT2D eigenvalue weighted by Crippen LogP contribution is -2.20. The summed E-state index contributed by atoms with van der Waals surface area (Å²) in [5.41, 5.74) is 0.628. The highest BCUT2D eigenvalue weighted by molar-refractivity contribution is 5.94. The number of benzene rings is 2. The minimum absolute atomic E-state index is 0.132. The molecule has 134 valence electrons. The number of carbonyl (C=O) groups excluding carboxylic acids is 2. The van der Waals surface area contributed by atoms with Crippen molar-refractivity contribution in [2.45, 2.75) is 0 Å². The second-order valence-corrected chi connectivity index (χ2v) is 5.04. The predicted molar refractivity (Wildman–Crippen MR) is 94.7 cm³/mol. The Morgan fingerprint density at radius 2 is 1.96 bits per heavy atom. The van der Waals surface area contributed by atoms with E-state index in [9.17, 15) is 19.7 Å². The SMILES string of the molecule is COc1cccc(NC(=O)COC(=O)/C=C/c2ccccc2[N+](=O)[O-])c1. The Kier molecular flexibility index (Phi) is 6.44. The molecule has 0 radical (unpaired) electrons. The maximum Gasteiger partial charge on any atom is 0.331 e. The standard InChI is InChI=1S/C18H16N2O6/c1-25-15-7-4-6-14(11-15)19-17(21)12-26-18(22)10-9-13-5-2-3-8-16(13)20(23)24/h2-11H,12H2,1H3,(H,19,21)/b10-9+. The van der Waals surface area contributed by atoms with E-state index in [0.717, 1.165) is 6.08 Å². The lowest BCUT2D eigenvalue weighted by atomic mass is 10.1. The number of nitrogens with one attached hydrogen (secondary N) is 1. The van der Waals surface area contributed by atoms with Crippen molar-refractivity contribution < 1.29 is 24.0 Å². The van der Waals surface area contributed by atoms with Gasteiger partial charge in [-0.1, -0.05) is 18.2 Å². The zero-order valence-corrected chi connectivity index (χ0v) is 13.9. The molecular formula is C18H16N2O6. The number of ether oxygens (including phenoxy) is 2. The first-order chi connectivity index (χ1) is 12.5. The number of hydrogen-bond acceptors (Lipinski definition) is 6. The fraction of sp³-hybridized carbons (Fsp3) is 0.111. The molecule has 8 nitrogen and oxygen atoms in total. The van der Waals surface area contributed by atoms with Crippen LogP contribution in [0.5, 0.6) is 5.75 Å². The summed E-state index contributed by atoms with van der Waals surface area (Å²) in [5.74, 6) is -0.734. The van der Waals surface area contributed by atoms with E-state index in [2.05, 4.69) is 5.32 Å². The van der Waals surface area contributed by atoms with E-state index in [1.165, 1.54) is 31.4 Å². The van der Waals surface area contributed by atoms with Crippen LogP contribution in [-0.4, -0.2) is 30.5 Å². The van der Waals surface area contributed by atoms with Crippen molar-refractivity contribution in [2.24, 2.45) is 0 Å². The van der Waals surface area contributed by atoms with Crippen molar-refractivity contribution in [1.29, 1.82) is 0 Å². The molecule has 0 atom stereocenters. The van der Waals surface area contributed by atoms with Crippen molar-refractivity contribution in [2.75, 3.05) is 19.0 Å².